The van der Waals surface area contributed by atoms with E-state index >= 15 is 0 Å². The van der Waals surface area contributed by atoms with Gasteiger partial charge >= 0.3 is 5.97 Å². The number of benzene rings is 1. The van der Waals surface area contributed by atoms with Crippen LogP contribution in [-0.2, 0) is 16.0 Å². The number of hydrogen-bond acceptors (Lipinski definition) is 5. The maximum absolute atomic E-state index is 11.4. The van der Waals surface area contributed by atoms with Gasteiger partial charge in [-0.15, -0.1) is 0 Å². The number of esters is 1. The molecule has 1 rings (SSSR count). The van der Waals surface area contributed by atoms with Crippen LogP contribution in [-0.4, -0.2) is 26.8 Å². The van der Waals surface area contributed by atoms with E-state index in [0.29, 0.717) is 29.2 Å². The fourth-order valence-electron chi connectivity index (χ4n) is 1.61. The van der Waals surface area contributed by atoms with Crippen molar-refractivity contribution in [2.45, 2.75) is 13.3 Å². The van der Waals surface area contributed by atoms with Crippen LogP contribution >= 0.6 is 0 Å². The van der Waals surface area contributed by atoms with Gasteiger partial charge < -0.3 is 14.2 Å². The molecular formula is C13H15NO4. The number of rotatable bonds is 5. The van der Waals surface area contributed by atoms with Crippen LogP contribution in [0.15, 0.2) is 12.1 Å². The van der Waals surface area contributed by atoms with Crippen LogP contribution in [0.2, 0.25) is 0 Å². The molecule has 0 N–H and O–H groups in total. The summed E-state index contributed by atoms with van der Waals surface area (Å²) in [5.74, 6) is 0.421. The van der Waals surface area contributed by atoms with Crippen molar-refractivity contribution in [3.8, 4) is 17.6 Å². The minimum Gasteiger partial charge on any atom is -0.493 e. The fourth-order valence-corrected chi connectivity index (χ4v) is 1.61. The highest BCUT2D eigenvalue weighted by Gasteiger charge is 2.17. The molecule has 1 aromatic carbocycles. The predicted octanol–water partition coefficient (Wildman–Crippen LogP) is 1.68. The molecule has 5 heteroatoms. The minimum atomic E-state index is -0.374. The van der Waals surface area contributed by atoms with E-state index in [1.807, 2.05) is 6.07 Å². The summed E-state index contributed by atoms with van der Waals surface area (Å²) >= 11 is 0. The summed E-state index contributed by atoms with van der Waals surface area (Å²) in [5, 5.41) is 9.16. The van der Waals surface area contributed by atoms with E-state index in [2.05, 4.69) is 0 Å². The highest BCUT2D eigenvalue weighted by Crippen LogP contribution is 2.33. The van der Waals surface area contributed by atoms with Crippen LogP contribution < -0.4 is 9.47 Å². The molecule has 0 heterocycles. The van der Waals surface area contributed by atoms with Crippen molar-refractivity contribution in [1.29, 1.82) is 5.26 Å². The van der Waals surface area contributed by atoms with E-state index in [4.69, 9.17) is 19.5 Å². The minimum absolute atomic E-state index is 0.0388. The summed E-state index contributed by atoms with van der Waals surface area (Å²) in [7, 11) is 2.94. The van der Waals surface area contributed by atoms with Crippen LogP contribution in [0.3, 0.4) is 0 Å². The van der Waals surface area contributed by atoms with Crippen molar-refractivity contribution in [3.05, 3.63) is 23.3 Å². The van der Waals surface area contributed by atoms with Crippen molar-refractivity contribution in [2.24, 2.45) is 0 Å². The van der Waals surface area contributed by atoms with Gasteiger partial charge in [-0.3, -0.25) is 4.79 Å². The van der Waals surface area contributed by atoms with E-state index in [1.54, 1.807) is 19.1 Å². The lowest BCUT2D eigenvalue weighted by atomic mass is 10.0. The molecule has 96 valence electrons. The summed E-state index contributed by atoms with van der Waals surface area (Å²) in [4.78, 5) is 11.4. The standard InChI is InChI=1S/C13H15NO4/c1-4-18-12(15)7-9-5-6-11(16-2)13(17-3)10(9)8-14/h5-6H,4,7H2,1-3H3. The summed E-state index contributed by atoms with van der Waals surface area (Å²) in [5.41, 5.74) is 0.860. The highest BCUT2D eigenvalue weighted by atomic mass is 16.5. The average molecular weight is 249 g/mol. The van der Waals surface area contributed by atoms with Crippen LogP contribution in [0.5, 0.6) is 11.5 Å². The van der Waals surface area contributed by atoms with E-state index < -0.39 is 0 Å². The third-order valence-corrected chi connectivity index (χ3v) is 2.38. The third kappa shape index (κ3) is 2.92. The number of ether oxygens (including phenoxy) is 3. The quantitative estimate of drug-likeness (QED) is 0.742. The molecule has 0 unspecified atom stereocenters. The number of methoxy groups -OCH3 is 2. The summed E-state index contributed by atoms with van der Waals surface area (Å²) < 4.78 is 15.1. The third-order valence-electron chi connectivity index (χ3n) is 2.38. The molecule has 0 radical (unpaired) electrons. The fraction of sp³-hybridized carbons (Fsp3) is 0.385. The zero-order valence-electron chi connectivity index (χ0n) is 10.6. The molecule has 5 nitrogen and oxygen atoms in total. The van der Waals surface area contributed by atoms with Crippen molar-refractivity contribution in [1.82, 2.24) is 0 Å². The predicted molar refractivity (Wildman–Crippen MR) is 64.6 cm³/mol. The van der Waals surface area contributed by atoms with Gasteiger partial charge in [0.15, 0.2) is 11.5 Å². The first kappa shape index (κ1) is 13.8. The monoisotopic (exact) mass is 249 g/mol. The lowest BCUT2D eigenvalue weighted by Gasteiger charge is -2.12. The van der Waals surface area contributed by atoms with Gasteiger partial charge in [-0.2, -0.15) is 5.26 Å². The zero-order valence-corrected chi connectivity index (χ0v) is 10.6. The Bertz CT molecular complexity index is 477. The van der Waals surface area contributed by atoms with Crippen LogP contribution in [0.1, 0.15) is 18.1 Å². The SMILES string of the molecule is CCOC(=O)Cc1ccc(OC)c(OC)c1C#N. The number of nitrogens with zero attached hydrogens (tertiary/aromatic N) is 1. The molecule has 0 aromatic heterocycles. The number of carbonyl (C=O) groups is 1. The van der Waals surface area contributed by atoms with Crippen molar-refractivity contribution >= 4 is 5.97 Å². The molecule has 0 atom stereocenters. The summed E-state index contributed by atoms with van der Waals surface area (Å²) in [6.45, 7) is 2.05. The molecule has 0 saturated carbocycles. The zero-order chi connectivity index (χ0) is 13.5. The number of carbonyl (C=O) groups excluding carboxylic acids is 1. The average Bonchev–Trinajstić information content (AvgIpc) is 2.38. The Morgan fingerprint density at radius 1 is 1.33 bits per heavy atom. The molecule has 0 saturated heterocycles. The van der Waals surface area contributed by atoms with E-state index in [-0.39, 0.29) is 12.4 Å². The van der Waals surface area contributed by atoms with E-state index in [1.165, 1.54) is 14.2 Å². The van der Waals surface area contributed by atoms with Crippen molar-refractivity contribution in [2.75, 3.05) is 20.8 Å². The van der Waals surface area contributed by atoms with E-state index in [9.17, 15) is 4.79 Å². The van der Waals surface area contributed by atoms with Crippen LogP contribution in [0.4, 0.5) is 0 Å². The van der Waals surface area contributed by atoms with Crippen LogP contribution in [0.25, 0.3) is 0 Å². The van der Waals surface area contributed by atoms with Crippen molar-refractivity contribution < 1.29 is 19.0 Å². The summed E-state index contributed by atoms with van der Waals surface area (Å²) in [6.07, 6.45) is 0.0388. The molecule has 0 spiro atoms. The molecule has 0 aliphatic carbocycles. The van der Waals surface area contributed by atoms with Gasteiger partial charge in [-0.05, 0) is 18.6 Å². The van der Waals surface area contributed by atoms with Gasteiger partial charge in [0.1, 0.15) is 11.6 Å². The Morgan fingerprint density at radius 3 is 2.56 bits per heavy atom. The Morgan fingerprint density at radius 2 is 2.06 bits per heavy atom. The van der Waals surface area contributed by atoms with Crippen LogP contribution in [0, 0.1) is 11.3 Å². The van der Waals surface area contributed by atoms with Crippen molar-refractivity contribution in [3.63, 3.8) is 0 Å². The topological polar surface area (TPSA) is 68.6 Å². The van der Waals surface area contributed by atoms with Gasteiger partial charge in [-0.25, -0.2) is 0 Å². The first-order chi connectivity index (χ1) is 8.67. The molecule has 1 aromatic rings. The largest absolute Gasteiger partial charge is 0.493 e. The first-order valence-electron chi connectivity index (χ1n) is 5.47. The molecular weight excluding hydrogens is 234 g/mol. The lowest BCUT2D eigenvalue weighted by molar-refractivity contribution is -0.142. The van der Waals surface area contributed by atoms with Gasteiger partial charge in [0.25, 0.3) is 0 Å². The van der Waals surface area contributed by atoms with Gasteiger partial charge in [0, 0.05) is 0 Å². The second-order valence-corrected chi connectivity index (χ2v) is 3.43. The van der Waals surface area contributed by atoms with Gasteiger partial charge in [-0.1, -0.05) is 6.07 Å². The maximum atomic E-state index is 11.4. The second kappa shape index (κ2) is 6.50. The first-order valence-corrected chi connectivity index (χ1v) is 5.47. The maximum Gasteiger partial charge on any atom is 0.310 e. The normalized spacial score (nSPS) is 9.44. The molecule has 0 fully saturated rings. The smallest absolute Gasteiger partial charge is 0.310 e. The Balaban J connectivity index is 3.14. The van der Waals surface area contributed by atoms with Gasteiger partial charge in [0.05, 0.1) is 27.2 Å². The Kier molecular flexibility index (Phi) is 5.00. The van der Waals surface area contributed by atoms with E-state index in [0.717, 1.165) is 0 Å². The molecule has 0 amide bonds. The highest BCUT2D eigenvalue weighted by molar-refractivity contribution is 5.74. The molecule has 0 aliphatic heterocycles. The van der Waals surface area contributed by atoms with Gasteiger partial charge in [0.2, 0.25) is 0 Å². The molecule has 18 heavy (non-hydrogen) atoms. The molecule has 0 bridgehead atoms. The molecule has 0 aliphatic rings. The Hall–Kier alpha value is -2.22. The lowest BCUT2D eigenvalue weighted by Crippen LogP contribution is -2.09. The number of hydrogen-bond donors (Lipinski definition) is 0. The Labute approximate surface area is 106 Å². The number of nitriles is 1. The second-order valence-electron chi connectivity index (χ2n) is 3.43. The summed E-state index contributed by atoms with van der Waals surface area (Å²) in [6, 6.07) is 5.35.